The van der Waals surface area contributed by atoms with Gasteiger partial charge in [-0.05, 0) is 116 Å². The van der Waals surface area contributed by atoms with Crippen molar-refractivity contribution >= 4 is 0 Å². The fourth-order valence-corrected chi connectivity index (χ4v) is 9.65. The molecule has 4 aliphatic rings. The van der Waals surface area contributed by atoms with Gasteiger partial charge in [0, 0.05) is 0 Å². The van der Waals surface area contributed by atoms with E-state index >= 15 is 0 Å². The Kier molecular flexibility index (Phi) is 7.14. The van der Waals surface area contributed by atoms with Crippen LogP contribution in [0.5, 0.6) is 5.75 Å². The average molecular weight is 503 g/mol. The van der Waals surface area contributed by atoms with Crippen molar-refractivity contribution in [2.75, 3.05) is 6.61 Å². The topological polar surface area (TPSA) is 38.7 Å². The summed E-state index contributed by atoms with van der Waals surface area (Å²) in [5.41, 5.74) is 2.00. The number of hydrogen-bond acceptors (Lipinski definition) is 3. The Hall–Kier alpha value is -1.84. The highest BCUT2D eigenvalue weighted by Gasteiger charge is 2.61. The van der Waals surface area contributed by atoms with Gasteiger partial charge < -0.3 is 14.6 Å². The summed E-state index contributed by atoms with van der Waals surface area (Å²) in [7, 11) is 0. The van der Waals surface area contributed by atoms with Crippen LogP contribution in [-0.4, -0.2) is 23.9 Å². The first kappa shape index (κ1) is 25.4. The van der Waals surface area contributed by atoms with Crippen LogP contribution in [0, 0.1) is 40.4 Å². The molecule has 200 valence electrons. The molecule has 4 aliphatic carbocycles. The van der Waals surface area contributed by atoms with E-state index in [0.717, 1.165) is 42.4 Å². The highest BCUT2D eigenvalue weighted by atomic mass is 16.5. The molecule has 0 radical (unpaired) electrons. The Morgan fingerprint density at radius 2 is 1.51 bits per heavy atom. The number of para-hydroxylation sites is 1. The lowest BCUT2D eigenvalue weighted by Crippen LogP contribution is -2.54. The van der Waals surface area contributed by atoms with Gasteiger partial charge in [0.25, 0.3) is 0 Å². The molecular formula is C34H46O3. The van der Waals surface area contributed by atoms with Gasteiger partial charge in [0.05, 0.1) is 18.8 Å². The summed E-state index contributed by atoms with van der Waals surface area (Å²) < 4.78 is 12.4. The third-order valence-corrected chi connectivity index (χ3v) is 11.6. The van der Waals surface area contributed by atoms with Crippen molar-refractivity contribution in [2.24, 2.45) is 40.4 Å². The molecule has 0 heterocycles. The third kappa shape index (κ3) is 4.76. The van der Waals surface area contributed by atoms with E-state index in [1.54, 1.807) is 0 Å². The Morgan fingerprint density at radius 3 is 2.30 bits per heavy atom. The number of ether oxygens (including phenoxy) is 2. The molecule has 2 aromatic carbocycles. The Morgan fingerprint density at radius 1 is 0.811 bits per heavy atom. The summed E-state index contributed by atoms with van der Waals surface area (Å²) in [5.74, 6) is 4.45. The molecule has 0 aromatic heterocycles. The number of aliphatic hydroxyl groups is 1. The SMILES string of the molecule is C[C@]12CC[C@H](OCc3ccccc3)C[C@@H]1CC[C@@H]1[C@@H]2CC[C@]2(C)[C@@H]([C@H](O)COc3ccccc3)CC[C@@H]12. The fourth-order valence-electron chi connectivity index (χ4n) is 9.65. The van der Waals surface area contributed by atoms with E-state index < -0.39 is 0 Å². The van der Waals surface area contributed by atoms with Crippen LogP contribution in [0.3, 0.4) is 0 Å². The van der Waals surface area contributed by atoms with Gasteiger partial charge in [-0.1, -0.05) is 62.4 Å². The number of benzene rings is 2. The summed E-state index contributed by atoms with van der Waals surface area (Å²) in [5, 5.41) is 11.3. The van der Waals surface area contributed by atoms with Gasteiger partial charge in [-0.25, -0.2) is 0 Å². The van der Waals surface area contributed by atoms with E-state index in [1.807, 2.05) is 30.3 Å². The van der Waals surface area contributed by atoms with Crippen LogP contribution < -0.4 is 4.74 Å². The van der Waals surface area contributed by atoms with Crippen LogP contribution in [-0.2, 0) is 11.3 Å². The first-order chi connectivity index (χ1) is 18.0. The molecule has 0 aliphatic heterocycles. The zero-order valence-corrected chi connectivity index (χ0v) is 22.9. The molecule has 37 heavy (non-hydrogen) atoms. The van der Waals surface area contributed by atoms with Crippen LogP contribution >= 0.6 is 0 Å². The van der Waals surface area contributed by atoms with Gasteiger partial charge in [-0.15, -0.1) is 0 Å². The molecule has 1 N–H and O–H groups in total. The summed E-state index contributed by atoms with van der Waals surface area (Å²) in [4.78, 5) is 0. The van der Waals surface area contributed by atoms with Crippen molar-refractivity contribution in [2.45, 2.75) is 90.4 Å². The van der Waals surface area contributed by atoms with Crippen molar-refractivity contribution in [1.29, 1.82) is 0 Å². The van der Waals surface area contributed by atoms with E-state index in [2.05, 4.69) is 44.2 Å². The molecule has 9 atom stereocenters. The zero-order chi connectivity index (χ0) is 25.5. The first-order valence-corrected chi connectivity index (χ1v) is 15.0. The van der Waals surface area contributed by atoms with Crippen LogP contribution in [0.15, 0.2) is 60.7 Å². The van der Waals surface area contributed by atoms with E-state index in [-0.39, 0.29) is 11.5 Å². The maximum Gasteiger partial charge on any atom is 0.119 e. The van der Waals surface area contributed by atoms with E-state index in [4.69, 9.17) is 9.47 Å². The number of fused-ring (bicyclic) bond motifs is 5. The Balaban J connectivity index is 1.08. The molecule has 4 fully saturated rings. The van der Waals surface area contributed by atoms with E-state index in [1.165, 1.54) is 56.9 Å². The monoisotopic (exact) mass is 502 g/mol. The van der Waals surface area contributed by atoms with Crippen LogP contribution in [0.1, 0.15) is 77.2 Å². The number of rotatable bonds is 7. The molecule has 0 spiro atoms. The predicted molar refractivity (Wildman–Crippen MR) is 148 cm³/mol. The van der Waals surface area contributed by atoms with Gasteiger partial charge in [-0.3, -0.25) is 0 Å². The summed E-state index contributed by atoms with van der Waals surface area (Å²) in [6, 6.07) is 20.6. The molecule has 0 bridgehead atoms. The minimum absolute atomic E-state index is 0.250. The second-order valence-corrected chi connectivity index (χ2v) is 13.3. The van der Waals surface area contributed by atoms with Crippen molar-refractivity contribution in [3.05, 3.63) is 66.2 Å². The standard InChI is InChI=1S/C34H46O3/c1-33-19-17-27(36-22-24-9-5-3-6-10-24)21-25(33)13-14-28-29-15-16-31(34(29,2)20-18-30(28)33)32(35)23-37-26-11-7-4-8-12-26/h3-12,25,27-32,35H,13-23H2,1-2H3/t25-,27-,28-,29-,30-,31+,32+,33-,34-/m0/s1. The molecule has 0 unspecified atom stereocenters. The lowest BCUT2D eigenvalue weighted by molar-refractivity contribution is -0.142. The molecule has 0 saturated heterocycles. The quantitative estimate of drug-likeness (QED) is 0.422. The molecule has 2 aromatic rings. The zero-order valence-electron chi connectivity index (χ0n) is 22.9. The average Bonchev–Trinajstić information content (AvgIpc) is 3.29. The molecular weight excluding hydrogens is 456 g/mol. The van der Waals surface area contributed by atoms with Gasteiger partial charge in [0.1, 0.15) is 12.4 Å². The smallest absolute Gasteiger partial charge is 0.119 e. The van der Waals surface area contributed by atoms with Crippen LogP contribution in [0.2, 0.25) is 0 Å². The summed E-state index contributed by atoms with van der Waals surface area (Å²) >= 11 is 0. The Labute approximate surface area is 224 Å². The molecule has 0 amide bonds. The summed E-state index contributed by atoms with van der Waals surface area (Å²) in [6.07, 6.45) is 11.6. The van der Waals surface area contributed by atoms with Gasteiger partial charge in [-0.2, -0.15) is 0 Å². The lowest BCUT2D eigenvalue weighted by Gasteiger charge is -2.61. The first-order valence-electron chi connectivity index (χ1n) is 15.0. The second kappa shape index (κ2) is 10.4. The minimum atomic E-state index is -0.379. The Bertz CT molecular complexity index is 1020. The highest BCUT2D eigenvalue weighted by Crippen LogP contribution is 2.67. The van der Waals surface area contributed by atoms with Crippen molar-refractivity contribution < 1.29 is 14.6 Å². The van der Waals surface area contributed by atoms with Crippen molar-refractivity contribution in [3.63, 3.8) is 0 Å². The van der Waals surface area contributed by atoms with Crippen LogP contribution in [0.4, 0.5) is 0 Å². The number of hydrogen-bond donors (Lipinski definition) is 1. The predicted octanol–water partition coefficient (Wildman–Crippen LogP) is 7.67. The molecule has 3 heteroatoms. The molecule has 3 nitrogen and oxygen atoms in total. The maximum atomic E-state index is 11.3. The molecule has 4 saturated carbocycles. The minimum Gasteiger partial charge on any atom is -0.491 e. The fraction of sp³-hybridized carbons (Fsp3) is 0.647. The normalized spacial score (nSPS) is 39.8. The lowest BCUT2D eigenvalue weighted by atomic mass is 9.44. The third-order valence-electron chi connectivity index (χ3n) is 11.6. The van der Waals surface area contributed by atoms with Crippen LogP contribution in [0.25, 0.3) is 0 Å². The highest BCUT2D eigenvalue weighted by molar-refractivity contribution is 5.21. The maximum absolute atomic E-state index is 11.3. The largest absolute Gasteiger partial charge is 0.491 e. The van der Waals surface area contributed by atoms with E-state index in [0.29, 0.717) is 24.0 Å². The van der Waals surface area contributed by atoms with Gasteiger partial charge in [0.15, 0.2) is 0 Å². The van der Waals surface area contributed by atoms with Crippen molar-refractivity contribution in [1.82, 2.24) is 0 Å². The van der Waals surface area contributed by atoms with E-state index in [9.17, 15) is 5.11 Å². The van der Waals surface area contributed by atoms with Crippen molar-refractivity contribution in [3.8, 4) is 5.75 Å². The number of aliphatic hydroxyl groups excluding tert-OH is 1. The van der Waals surface area contributed by atoms with Gasteiger partial charge in [0.2, 0.25) is 0 Å². The molecule has 6 rings (SSSR count). The second-order valence-electron chi connectivity index (χ2n) is 13.3. The summed E-state index contributed by atoms with van der Waals surface area (Å²) in [6.45, 7) is 6.31. The van der Waals surface area contributed by atoms with Gasteiger partial charge >= 0.3 is 0 Å².